The maximum Gasteiger partial charge on any atom is 0.223 e. The van der Waals surface area contributed by atoms with E-state index in [1.54, 1.807) is 12.4 Å². The van der Waals surface area contributed by atoms with E-state index in [1.165, 1.54) is 0 Å². The highest BCUT2D eigenvalue weighted by molar-refractivity contribution is 5.79. The Hall–Kier alpha value is -2.96. The second-order valence-electron chi connectivity index (χ2n) is 6.58. The molecule has 0 amide bonds. The van der Waals surface area contributed by atoms with Crippen LogP contribution >= 0.6 is 0 Å². The Morgan fingerprint density at radius 1 is 1.27 bits per heavy atom. The van der Waals surface area contributed by atoms with Gasteiger partial charge in [0.05, 0.1) is 5.69 Å². The highest BCUT2D eigenvalue weighted by Crippen LogP contribution is 2.32. The Labute approximate surface area is 153 Å². The predicted octanol–water partition coefficient (Wildman–Crippen LogP) is 3.70. The molecule has 0 radical (unpaired) electrons. The van der Waals surface area contributed by atoms with Crippen molar-refractivity contribution in [1.29, 1.82) is 0 Å². The molecule has 0 unspecified atom stereocenters. The number of anilines is 2. The van der Waals surface area contributed by atoms with Crippen molar-refractivity contribution in [2.75, 3.05) is 17.6 Å². The molecule has 0 aliphatic heterocycles. The monoisotopic (exact) mass is 351 g/mol. The summed E-state index contributed by atoms with van der Waals surface area (Å²) in [6.07, 6.45) is 6.57. The van der Waals surface area contributed by atoms with E-state index < -0.39 is 0 Å². The summed E-state index contributed by atoms with van der Waals surface area (Å²) in [5.41, 5.74) is 10.3. The van der Waals surface area contributed by atoms with E-state index in [2.05, 4.69) is 41.0 Å². The van der Waals surface area contributed by atoms with Gasteiger partial charge in [-0.1, -0.05) is 6.92 Å². The van der Waals surface area contributed by atoms with Gasteiger partial charge < -0.3 is 11.1 Å². The van der Waals surface area contributed by atoms with Crippen LogP contribution in [0.2, 0.25) is 0 Å². The molecule has 3 aromatic rings. The Kier molecular flexibility index (Phi) is 5.16. The minimum atomic E-state index is 0.241. The normalized spacial score (nSPS) is 11.1. The number of aryl methyl sites for hydroxylation is 1. The zero-order chi connectivity index (χ0) is 18.7. The number of nitrogen functional groups attached to an aromatic ring is 1. The van der Waals surface area contributed by atoms with E-state index >= 15 is 0 Å². The lowest BCUT2D eigenvalue weighted by Gasteiger charge is -2.07. The lowest BCUT2D eigenvalue weighted by Crippen LogP contribution is -2.04. The largest absolute Gasteiger partial charge is 0.383 e. The molecule has 3 heterocycles. The second kappa shape index (κ2) is 7.51. The molecule has 0 aliphatic rings. The summed E-state index contributed by atoms with van der Waals surface area (Å²) >= 11 is 0. The fraction of sp³-hybridized carbons (Fsp3) is 0.368. The molecule has 26 heavy (non-hydrogen) atoms. The molecule has 0 saturated heterocycles. The summed E-state index contributed by atoms with van der Waals surface area (Å²) in [6.45, 7) is 9.09. The third kappa shape index (κ3) is 3.66. The molecular formula is C19H25N7. The minimum Gasteiger partial charge on any atom is -0.383 e. The van der Waals surface area contributed by atoms with Crippen molar-refractivity contribution in [3.63, 3.8) is 0 Å². The number of nitrogens with two attached hydrogens (primary N) is 1. The number of aromatic nitrogens is 5. The van der Waals surface area contributed by atoms with Crippen LogP contribution in [-0.4, -0.2) is 31.3 Å². The van der Waals surface area contributed by atoms with Crippen LogP contribution in [0.25, 0.3) is 22.5 Å². The summed E-state index contributed by atoms with van der Waals surface area (Å²) in [7, 11) is 0. The zero-order valence-electron chi connectivity index (χ0n) is 15.7. The van der Waals surface area contributed by atoms with E-state index in [9.17, 15) is 0 Å². The molecule has 0 saturated carbocycles. The molecule has 0 fully saturated rings. The van der Waals surface area contributed by atoms with Crippen molar-refractivity contribution >= 4 is 11.8 Å². The minimum absolute atomic E-state index is 0.241. The SMILES string of the molecule is CCCNc1nccc(-c2cn(C(C)C)nc2-c2cnc(N)c(C)c2)n1. The molecular weight excluding hydrogens is 326 g/mol. The lowest BCUT2D eigenvalue weighted by molar-refractivity contribution is 0.534. The van der Waals surface area contributed by atoms with Crippen LogP contribution in [0, 0.1) is 6.92 Å². The summed E-state index contributed by atoms with van der Waals surface area (Å²) < 4.78 is 1.94. The molecule has 0 aromatic carbocycles. The van der Waals surface area contributed by atoms with Gasteiger partial charge in [-0.2, -0.15) is 5.10 Å². The predicted molar refractivity (Wildman–Crippen MR) is 105 cm³/mol. The fourth-order valence-electron chi connectivity index (χ4n) is 2.60. The van der Waals surface area contributed by atoms with E-state index in [0.717, 1.165) is 41.0 Å². The van der Waals surface area contributed by atoms with Gasteiger partial charge >= 0.3 is 0 Å². The molecule has 3 N–H and O–H groups in total. The standard InChI is InChI=1S/C19H25N7/c1-5-7-21-19-22-8-6-16(24-19)15-11-26(12(2)3)25-17(15)14-9-13(4)18(20)23-10-14/h6,8-12H,5,7H2,1-4H3,(H2,20,23)(H,21,22,24). The average Bonchev–Trinajstić information content (AvgIpc) is 3.08. The first-order valence-electron chi connectivity index (χ1n) is 8.88. The Morgan fingerprint density at radius 3 is 2.77 bits per heavy atom. The fourth-order valence-corrected chi connectivity index (χ4v) is 2.60. The van der Waals surface area contributed by atoms with Crippen LogP contribution in [0.1, 0.15) is 38.8 Å². The number of pyridine rings is 1. The molecule has 7 heteroatoms. The van der Waals surface area contributed by atoms with Gasteiger partial charge in [0, 0.05) is 42.3 Å². The molecule has 136 valence electrons. The Morgan fingerprint density at radius 2 is 2.08 bits per heavy atom. The molecule has 0 spiro atoms. The van der Waals surface area contributed by atoms with Crippen molar-refractivity contribution in [1.82, 2.24) is 24.7 Å². The zero-order valence-corrected chi connectivity index (χ0v) is 15.7. The van der Waals surface area contributed by atoms with Gasteiger partial charge in [0.15, 0.2) is 0 Å². The Bertz CT molecular complexity index is 899. The average molecular weight is 351 g/mol. The van der Waals surface area contributed by atoms with Crippen LogP contribution in [0.3, 0.4) is 0 Å². The van der Waals surface area contributed by atoms with E-state index in [4.69, 9.17) is 10.8 Å². The molecule has 3 rings (SSSR count). The van der Waals surface area contributed by atoms with Crippen LogP contribution in [-0.2, 0) is 0 Å². The summed E-state index contributed by atoms with van der Waals surface area (Å²) in [6, 6.07) is 4.15. The van der Waals surface area contributed by atoms with E-state index in [0.29, 0.717) is 11.8 Å². The highest BCUT2D eigenvalue weighted by Gasteiger charge is 2.17. The molecule has 3 aromatic heterocycles. The van der Waals surface area contributed by atoms with Gasteiger partial charge in [0.25, 0.3) is 0 Å². The van der Waals surface area contributed by atoms with Crippen molar-refractivity contribution in [3.8, 4) is 22.5 Å². The maximum absolute atomic E-state index is 5.87. The third-order valence-corrected chi connectivity index (χ3v) is 4.12. The first-order chi connectivity index (χ1) is 12.5. The smallest absolute Gasteiger partial charge is 0.223 e. The maximum atomic E-state index is 5.87. The number of hydrogen-bond acceptors (Lipinski definition) is 6. The molecule has 0 atom stereocenters. The summed E-state index contributed by atoms with van der Waals surface area (Å²) in [5.74, 6) is 1.16. The first-order valence-corrected chi connectivity index (χ1v) is 8.88. The van der Waals surface area contributed by atoms with Crippen LogP contribution < -0.4 is 11.1 Å². The van der Waals surface area contributed by atoms with Crippen molar-refractivity contribution in [2.24, 2.45) is 0 Å². The number of nitrogens with zero attached hydrogens (tertiary/aromatic N) is 5. The van der Waals surface area contributed by atoms with Crippen molar-refractivity contribution in [3.05, 3.63) is 36.3 Å². The van der Waals surface area contributed by atoms with Gasteiger partial charge in [-0.05, 0) is 44.9 Å². The van der Waals surface area contributed by atoms with Crippen molar-refractivity contribution < 1.29 is 0 Å². The van der Waals surface area contributed by atoms with Crippen LogP contribution in [0.4, 0.5) is 11.8 Å². The van der Waals surface area contributed by atoms with Gasteiger partial charge in [-0.25, -0.2) is 15.0 Å². The highest BCUT2D eigenvalue weighted by atomic mass is 15.3. The van der Waals surface area contributed by atoms with Gasteiger partial charge in [0.2, 0.25) is 5.95 Å². The van der Waals surface area contributed by atoms with E-state index in [1.807, 2.05) is 29.9 Å². The molecule has 0 aliphatic carbocycles. The van der Waals surface area contributed by atoms with E-state index in [-0.39, 0.29) is 6.04 Å². The summed E-state index contributed by atoms with van der Waals surface area (Å²) in [5, 5.41) is 8.01. The summed E-state index contributed by atoms with van der Waals surface area (Å²) in [4.78, 5) is 13.2. The number of nitrogens with one attached hydrogen (secondary N) is 1. The third-order valence-electron chi connectivity index (χ3n) is 4.12. The quantitative estimate of drug-likeness (QED) is 0.703. The van der Waals surface area contributed by atoms with Crippen LogP contribution in [0.5, 0.6) is 0 Å². The second-order valence-corrected chi connectivity index (χ2v) is 6.58. The number of hydrogen-bond donors (Lipinski definition) is 2. The first kappa shape index (κ1) is 17.8. The van der Waals surface area contributed by atoms with Gasteiger partial charge in [-0.3, -0.25) is 4.68 Å². The van der Waals surface area contributed by atoms with Gasteiger partial charge in [-0.15, -0.1) is 0 Å². The van der Waals surface area contributed by atoms with Crippen molar-refractivity contribution in [2.45, 2.75) is 40.2 Å². The Balaban J connectivity index is 2.10. The van der Waals surface area contributed by atoms with Crippen LogP contribution in [0.15, 0.2) is 30.7 Å². The topological polar surface area (TPSA) is 94.5 Å². The molecule has 7 nitrogen and oxygen atoms in total. The molecule has 0 bridgehead atoms. The number of rotatable bonds is 6. The lowest BCUT2D eigenvalue weighted by atomic mass is 10.1. The van der Waals surface area contributed by atoms with Gasteiger partial charge in [0.1, 0.15) is 11.5 Å².